The van der Waals surface area contributed by atoms with Crippen molar-refractivity contribution in [2.75, 3.05) is 23.8 Å². The first-order valence-electron chi connectivity index (χ1n) is 8.01. The van der Waals surface area contributed by atoms with Gasteiger partial charge in [0, 0.05) is 24.0 Å². The molecular formula is C18H24N3P. The van der Waals surface area contributed by atoms with Gasteiger partial charge < -0.3 is 10.6 Å². The second-order valence-electron chi connectivity index (χ2n) is 5.79. The Hall–Kier alpha value is -1.60. The summed E-state index contributed by atoms with van der Waals surface area (Å²) < 4.78 is 0. The molecule has 0 amide bonds. The minimum atomic E-state index is 0.681. The molecule has 0 saturated heterocycles. The lowest BCUT2D eigenvalue weighted by Gasteiger charge is -2.19. The summed E-state index contributed by atoms with van der Waals surface area (Å²) >= 11 is 0. The molecule has 1 unspecified atom stereocenters. The van der Waals surface area contributed by atoms with Crippen LogP contribution in [0.5, 0.6) is 0 Å². The van der Waals surface area contributed by atoms with Crippen LogP contribution in [0.3, 0.4) is 0 Å². The third kappa shape index (κ3) is 3.10. The van der Waals surface area contributed by atoms with Gasteiger partial charge in [-0.2, -0.15) is 0 Å². The maximum Gasteiger partial charge on any atom is 0.130 e. The molecule has 22 heavy (non-hydrogen) atoms. The van der Waals surface area contributed by atoms with Gasteiger partial charge in [0.05, 0.1) is 5.69 Å². The highest BCUT2D eigenvalue weighted by atomic mass is 31.1. The fourth-order valence-electron chi connectivity index (χ4n) is 2.79. The van der Waals surface area contributed by atoms with E-state index >= 15 is 0 Å². The molecule has 2 N–H and O–H groups in total. The van der Waals surface area contributed by atoms with Gasteiger partial charge in [-0.25, -0.2) is 4.98 Å². The van der Waals surface area contributed by atoms with Crippen LogP contribution in [0.1, 0.15) is 36.8 Å². The molecule has 0 radical (unpaired) electrons. The summed E-state index contributed by atoms with van der Waals surface area (Å²) in [6, 6.07) is 8.60. The third-order valence-corrected chi connectivity index (χ3v) is 5.14. The van der Waals surface area contributed by atoms with Crippen molar-refractivity contribution < 1.29 is 0 Å². The second-order valence-corrected chi connectivity index (χ2v) is 6.83. The van der Waals surface area contributed by atoms with Crippen molar-refractivity contribution in [2.24, 2.45) is 0 Å². The van der Waals surface area contributed by atoms with Crippen LogP contribution in [0.25, 0.3) is 0 Å². The second kappa shape index (κ2) is 6.66. The number of benzene rings is 1. The Morgan fingerprint density at radius 2 is 2.05 bits per heavy atom. The van der Waals surface area contributed by atoms with Crippen molar-refractivity contribution in [3.63, 3.8) is 0 Å². The summed E-state index contributed by atoms with van der Waals surface area (Å²) in [6.45, 7) is 7.39. The molecule has 1 fully saturated rings. The van der Waals surface area contributed by atoms with E-state index in [-0.39, 0.29) is 0 Å². The lowest BCUT2D eigenvalue weighted by molar-refractivity contribution is 1.06. The van der Waals surface area contributed by atoms with Gasteiger partial charge in [0.15, 0.2) is 0 Å². The van der Waals surface area contributed by atoms with E-state index < -0.39 is 0 Å². The van der Waals surface area contributed by atoms with Gasteiger partial charge in [-0.15, -0.1) is 0 Å². The van der Waals surface area contributed by atoms with Crippen LogP contribution >= 0.6 is 8.58 Å². The number of hydrogen-bond acceptors (Lipinski definition) is 3. The van der Waals surface area contributed by atoms with Gasteiger partial charge in [-0.1, -0.05) is 26.8 Å². The Kier molecular flexibility index (Phi) is 4.63. The van der Waals surface area contributed by atoms with E-state index in [9.17, 15) is 0 Å². The first-order chi connectivity index (χ1) is 10.7. The molecule has 4 heteroatoms. The molecule has 116 valence electrons. The summed E-state index contributed by atoms with van der Waals surface area (Å²) in [5, 5.41) is 8.46. The number of rotatable bonds is 6. The van der Waals surface area contributed by atoms with E-state index in [0.29, 0.717) is 5.92 Å². The van der Waals surface area contributed by atoms with E-state index in [1.54, 1.807) is 0 Å². The fraction of sp³-hybridized carbons (Fsp3) is 0.389. The first kappa shape index (κ1) is 15.3. The van der Waals surface area contributed by atoms with E-state index in [1.165, 1.54) is 40.6 Å². The van der Waals surface area contributed by atoms with Crippen molar-refractivity contribution >= 4 is 31.1 Å². The quantitative estimate of drug-likeness (QED) is 0.777. The lowest BCUT2D eigenvalue weighted by Crippen LogP contribution is -2.09. The van der Waals surface area contributed by atoms with Crippen molar-refractivity contribution in [1.29, 1.82) is 0 Å². The zero-order valence-corrected chi connectivity index (χ0v) is 14.5. The van der Waals surface area contributed by atoms with Crippen LogP contribution < -0.4 is 15.9 Å². The van der Waals surface area contributed by atoms with E-state index in [4.69, 9.17) is 0 Å². The Morgan fingerprint density at radius 1 is 1.27 bits per heavy atom. The van der Waals surface area contributed by atoms with Crippen molar-refractivity contribution in [3.05, 3.63) is 41.6 Å². The van der Waals surface area contributed by atoms with Crippen molar-refractivity contribution in [2.45, 2.75) is 32.6 Å². The lowest BCUT2D eigenvalue weighted by atomic mass is 10.1. The molecule has 1 aliphatic carbocycles. The molecule has 1 aliphatic rings. The number of anilines is 3. The fourth-order valence-corrected chi connectivity index (χ4v) is 3.47. The van der Waals surface area contributed by atoms with Gasteiger partial charge in [0.1, 0.15) is 5.82 Å². The largest absolute Gasteiger partial charge is 0.370 e. The Labute approximate surface area is 134 Å². The molecule has 1 aromatic carbocycles. The summed E-state index contributed by atoms with van der Waals surface area (Å²) in [5.74, 6) is 1.67. The highest BCUT2D eigenvalue weighted by Crippen LogP contribution is 2.45. The zero-order valence-electron chi connectivity index (χ0n) is 13.5. The topological polar surface area (TPSA) is 37.0 Å². The molecule has 1 saturated carbocycles. The molecule has 0 spiro atoms. The maximum absolute atomic E-state index is 4.62. The number of aromatic nitrogens is 1. The Bertz CT molecular complexity index is 665. The van der Waals surface area contributed by atoms with Gasteiger partial charge in [0.25, 0.3) is 0 Å². The van der Waals surface area contributed by atoms with Crippen LogP contribution in [0.4, 0.5) is 17.2 Å². The summed E-state index contributed by atoms with van der Waals surface area (Å²) in [4.78, 5) is 4.62. The smallest absolute Gasteiger partial charge is 0.130 e. The molecule has 3 rings (SSSR count). The normalized spacial score (nSPS) is 14.5. The third-order valence-electron chi connectivity index (χ3n) is 4.17. The molecule has 1 atom stereocenters. The van der Waals surface area contributed by atoms with Gasteiger partial charge in [-0.05, 0) is 56.2 Å². The van der Waals surface area contributed by atoms with Crippen LogP contribution in [0.2, 0.25) is 0 Å². The monoisotopic (exact) mass is 313 g/mol. The predicted molar refractivity (Wildman–Crippen MR) is 98.7 cm³/mol. The van der Waals surface area contributed by atoms with Gasteiger partial charge >= 0.3 is 0 Å². The minimum Gasteiger partial charge on any atom is -0.370 e. The van der Waals surface area contributed by atoms with Crippen molar-refractivity contribution in [3.8, 4) is 0 Å². The maximum atomic E-state index is 4.62. The molecular weight excluding hydrogens is 289 g/mol. The Morgan fingerprint density at radius 3 is 2.73 bits per heavy atom. The minimum absolute atomic E-state index is 0.681. The van der Waals surface area contributed by atoms with Crippen molar-refractivity contribution in [1.82, 2.24) is 4.98 Å². The number of nitrogens with zero attached hydrogens (tertiary/aromatic N) is 1. The summed E-state index contributed by atoms with van der Waals surface area (Å²) in [6.07, 6.45) is 4.63. The summed E-state index contributed by atoms with van der Waals surface area (Å²) in [7, 11) is 0.788. The molecule has 1 aromatic heterocycles. The molecule has 2 aromatic rings. The van der Waals surface area contributed by atoms with Gasteiger partial charge in [-0.3, -0.25) is 0 Å². The first-order valence-corrected chi connectivity index (χ1v) is 9.51. The van der Waals surface area contributed by atoms with Gasteiger partial charge in [0.2, 0.25) is 0 Å². The average Bonchev–Trinajstić information content (AvgIpc) is 3.37. The number of hydrogen-bond donors (Lipinski definition) is 2. The van der Waals surface area contributed by atoms with Crippen LogP contribution in [0.15, 0.2) is 30.5 Å². The molecule has 1 heterocycles. The Balaban J connectivity index is 2.01. The average molecular weight is 313 g/mol. The number of para-hydroxylation sites is 1. The molecule has 0 aliphatic heterocycles. The zero-order chi connectivity index (χ0) is 15.5. The van der Waals surface area contributed by atoms with Crippen LogP contribution in [-0.4, -0.2) is 18.2 Å². The standard InChI is InChI=1S/C18H24N3P/c1-4-19-18-12(2)17(14(11-20-18)13-9-10-13)21-15-7-5-6-8-16(15)22-3/h5-8,11,13,22H,4,9-10H2,1-3H3,(H2,19,20,21). The summed E-state index contributed by atoms with van der Waals surface area (Å²) in [5.41, 5.74) is 5.06. The number of nitrogens with one attached hydrogen (secondary N) is 2. The van der Waals surface area contributed by atoms with Crippen LogP contribution in [0, 0.1) is 6.92 Å². The molecule has 0 bridgehead atoms. The van der Waals surface area contributed by atoms with E-state index in [1.807, 2.05) is 0 Å². The number of pyridine rings is 1. The highest BCUT2D eigenvalue weighted by Gasteiger charge is 2.28. The molecule has 3 nitrogen and oxygen atoms in total. The van der Waals surface area contributed by atoms with E-state index in [2.05, 4.69) is 66.6 Å². The van der Waals surface area contributed by atoms with Crippen LogP contribution in [-0.2, 0) is 0 Å². The highest BCUT2D eigenvalue weighted by molar-refractivity contribution is 7.46. The predicted octanol–water partition coefficient (Wildman–Crippen LogP) is 4.38. The SMILES string of the molecule is CCNc1ncc(C2CC2)c(Nc2ccccc2PC)c1C. The van der Waals surface area contributed by atoms with E-state index in [0.717, 1.165) is 20.9 Å².